The molecule has 0 heterocycles. The molecule has 1 aromatic rings. The van der Waals surface area contributed by atoms with Crippen molar-refractivity contribution in [2.24, 2.45) is 0 Å². The van der Waals surface area contributed by atoms with Gasteiger partial charge in [-0.15, -0.1) is 0 Å². The van der Waals surface area contributed by atoms with Crippen molar-refractivity contribution in [2.45, 2.75) is 31.5 Å². The second-order valence-electron chi connectivity index (χ2n) is 4.96. The highest BCUT2D eigenvalue weighted by molar-refractivity contribution is 5.42. The number of anilines is 1. The van der Waals surface area contributed by atoms with Crippen LogP contribution in [0, 0.1) is 0 Å². The van der Waals surface area contributed by atoms with Gasteiger partial charge in [0.25, 0.3) is 0 Å². The first-order valence-corrected chi connectivity index (χ1v) is 6.64. The Morgan fingerprint density at radius 3 is 2.42 bits per heavy atom. The van der Waals surface area contributed by atoms with E-state index in [4.69, 9.17) is 0 Å². The molecule has 2 rings (SSSR count). The van der Waals surface area contributed by atoms with Crippen LogP contribution in [0.3, 0.4) is 0 Å². The van der Waals surface area contributed by atoms with E-state index in [-0.39, 0.29) is 6.04 Å². The number of alkyl halides is 3. The minimum Gasteiger partial charge on any atom is -0.385 e. The van der Waals surface area contributed by atoms with Gasteiger partial charge >= 0.3 is 6.18 Å². The molecule has 1 saturated carbocycles. The van der Waals surface area contributed by atoms with Gasteiger partial charge in [0.05, 0.1) is 6.54 Å². The molecule has 0 spiro atoms. The lowest BCUT2D eigenvalue weighted by atomic mass is 10.3. The molecule has 0 aromatic heterocycles. The zero-order valence-electron chi connectivity index (χ0n) is 10.8. The SMILES string of the molecule is FC(F)(F)CN(CCCNc1ccccc1)C1CC1. The zero-order valence-corrected chi connectivity index (χ0v) is 10.8. The molecule has 1 aliphatic rings. The largest absolute Gasteiger partial charge is 0.401 e. The Bertz CT molecular complexity index is 374. The Morgan fingerprint density at radius 1 is 1.16 bits per heavy atom. The normalized spacial score (nSPS) is 15.8. The molecule has 106 valence electrons. The molecule has 1 fully saturated rings. The van der Waals surface area contributed by atoms with Crippen LogP contribution in [0.4, 0.5) is 18.9 Å². The molecule has 0 unspecified atom stereocenters. The number of nitrogens with one attached hydrogen (secondary N) is 1. The van der Waals surface area contributed by atoms with E-state index in [1.165, 1.54) is 0 Å². The van der Waals surface area contributed by atoms with Crippen LogP contribution in [0.1, 0.15) is 19.3 Å². The number of hydrogen-bond acceptors (Lipinski definition) is 2. The number of rotatable bonds is 7. The van der Waals surface area contributed by atoms with Crippen molar-refractivity contribution >= 4 is 5.69 Å². The van der Waals surface area contributed by atoms with E-state index < -0.39 is 12.7 Å². The summed E-state index contributed by atoms with van der Waals surface area (Å²) in [5, 5.41) is 3.21. The summed E-state index contributed by atoms with van der Waals surface area (Å²) in [6, 6.07) is 9.86. The quantitative estimate of drug-likeness (QED) is 0.764. The highest BCUT2D eigenvalue weighted by Crippen LogP contribution is 2.30. The minimum atomic E-state index is -4.09. The molecule has 0 bridgehead atoms. The third-order valence-corrected chi connectivity index (χ3v) is 3.17. The van der Waals surface area contributed by atoms with Crippen molar-refractivity contribution in [2.75, 3.05) is 25.0 Å². The Balaban J connectivity index is 1.68. The molecule has 1 aromatic carbocycles. The highest BCUT2D eigenvalue weighted by Gasteiger charge is 2.37. The lowest BCUT2D eigenvalue weighted by Crippen LogP contribution is -2.37. The third kappa shape index (κ3) is 5.51. The molecule has 0 atom stereocenters. The molecule has 1 aliphatic carbocycles. The fourth-order valence-corrected chi connectivity index (χ4v) is 2.13. The molecule has 0 saturated heterocycles. The summed E-state index contributed by atoms with van der Waals surface area (Å²) in [4.78, 5) is 1.56. The van der Waals surface area contributed by atoms with Crippen molar-refractivity contribution in [3.05, 3.63) is 30.3 Å². The lowest BCUT2D eigenvalue weighted by molar-refractivity contribution is -0.147. The molecule has 19 heavy (non-hydrogen) atoms. The number of benzene rings is 1. The van der Waals surface area contributed by atoms with E-state index in [0.717, 1.165) is 24.9 Å². The van der Waals surface area contributed by atoms with Crippen LogP contribution in [0.25, 0.3) is 0 Å². The van der Waals surface area contributed by atoms with Crippen molar-refractivity contribution < 1.29 is 13.2 Å². The smallest absolute Gasteiger partial charge is 0.385 e. The monoisotopic (exact) mass is 272 g/mol. The van der Waals surface area contributed by atoms with Gasteiger partial charge in [-0.3, -0.25) is 4.90 Å². The van der Waals surface area contributed by atoms with Gasteiger partial charge in [-0.25, -0.2) is 0 Å². The van der Waals surface area contributed by atoms with Gasteiger partial charge in [-0.1, -0.05) is 18.2 Å². The summed E-state index contributed by atoms with van der Waals surface area (Å²) in [5.41, 5.74) is 1.01. The Kier molecular flexibility index (Phi) is 4.69. The van der Waals surface area contributed by atoms with E-state index >= 15 is 0 Å². The summed E-state index contributed by atoms with van der Waals surface area (Å²) in [5.74, 6) is 0. The minimum absolute atomic E-state index is 0.151. The van der Waals surface area contributed by atoms with Crippen LogP contribution in [0.5, 0.6) is 0 Å². The Hall–Kier alpha value is -1.23. The standard InChI is InChI=1S/C14H19F3N2/c15-14(16,17)11-19(13-7-8-13)10-4-9-18-12-5-2-1-3-6-12/h1-3,5-6,13,18H,4,7-11H2. The van der Waals surface area contributed by atoms with E-state index in [1.807, 2.05) is 30.3 Å². The fraction of sp³-hybridized carbons (Fsp3) is 0.571. The first kappa shape index (κ1) is 14.2. The van der Waals surface area contributed by atoms with Gasteiger partial charge in [-0.05, 0) is 31.4 Å². The van der Waals surface area contributed by atoms with Crippen LogP contribution >= 0.6 is 0 Å². The predicted octanol–water partition coefficient (Wildman–Crippen LogP) is 3.52. The summed E-state index contributed by atoms with van der Waals surface area (Å²) in [6.07, 6.45) is -1.55. The number of para-hydroxylation sites is 1. The van der Waals surface area contributed by atoms with Gasteiger partial charge in [0, 0.05) is 24.8 Å². The average Bonchev–Trinajstić information content (AvgIpc) is 3.17. The van der Waals surface area contributed by atoms with Gasteiger partial charge in [0.1, 0.15) is 0 Å². The van der Waals surface area contributed by atoms with Crippen molar-refractivity contribution in [3.63, 3.8) is 0 Å². The van der Waals surface area contributed by atoms with Gasteiger partial charge in [0.15, 0.2) is 0 Å². The second kappa shape index (κ2) is 6.28. The Labute approximate surface area is 111 Å². The lowest BCUT2D eigenvalue weighted by Gasteiger charge is -2.23. The van der Waals surface area contributed by atoms with Crippen LogP contribution in [0.15, 0.2) is 30.3 Å². The summed E-state index contributed by atoms with van der Waals surface area (Å²) >= 11 is 0. The average molecular weight is 272 g/mol. The van der Waals surface area contributed by atoms with E-state index in [1.54, 1.807) is 4.90 Å². The number of hydrogen-bond donors (Lipinski definition) is 1. The maximum atomic E-state index is 12.4. The summed E-state index contributed by atoms with van der Waals surface area (Å²) in [6.45, 7) is 0.429. The van der Waals surface area contributed by atoms with Crippen LogP contribution in [-0.2, 0) is 0 Å². The number of halogens is 3. The van der Waals surface area contributed by atoms with Gasteiger partial charge in [-0.2, -0.15) is 13.2 Å². The zero-order chi connectivity index (χ0) is 13.7. The third-order valence-electron chi connectivity index (χ3n) is 3.17. The first-order valence-electron chi connectivity index (χ1n) is 6.64. The van der Waals surface area contributed by atoms with Crippen LogP contribution < -0.4 is 5.32 Å². The maximum Gasteiger partial charge on any atom is 0.401 e. The second-order valence-corrected chi connectivity index (χ2v) is 4.96. The maximum absolute atomic E-state index is 12.4. The van der Waals surface area contributed by atoms with Crippen molar-refractivity contribution in [1.82, 2.24) is 4.90 Å². The van der Waals surface area contributed by atoms with Crippen molar-refractivity contribution in [1.29, 1.82) is 0 Å². The van der Waals surface area contributed by atoms with Gasteiger partial charge < -0.3 is 5.32 Å². The molecular formula is C14H19F3N2. The van der Waals surface area contributed by atoms with E-state index in [9.17, 15) is 13.2 Å². The fourth-order valence-electron chi connectivity index (χ4n) is 2.13. The van der Waals surface area contributed by atoms with Crippen molar-refractivity contribution in [3.8, 4) is 0 Å². The molecule has 1 N–H and O–H groups in total. The van der Waals surface area contributed by atoms with Gasteiger partial charge in [0.2, 0.25) is 0 Å². The van der Waals surface area contributed by atoms with E-state index in [2.05, 4.69) is 5.32 Å². The number of nitrogens with zero attached hydrogens (tertiary/aromatic N) is 1. The molecule has 2 nitrogen and oxygen atoms in total. The molecular weight excluding hydrogens is 253 g/mol. The molecule has 0 radical (unpaired) electrons. The first-order chi connectivity index (χ1) is 9.04. The highest BCUT2D eigenvalue weighted by atomic mass is 19.4. The summed E-state index contributed by atoms with van der Waals surface area (Å²) in [7, 11) is 0. The predicted molar refractivity (Wildman–Crippen MR) is 70.2 cm³/mol. The topological polar surface area (TPSA) is 15.3 Å². The molecule has 5 heteroatoms. The van der Waals surface area contributed by atoms with Crippen LogP contribution in [-0.4, -0.2) is 36.8 Å². The molecule has 0 aliphatic heterocycles. The van der Waals surface area contributed by atoms with E-state index in [0.29, 0.717) is 13.1 Å². The summed E-state index contributed by atoms with van der Waals surface area (Å²) < 4.78 is 37.2. The Morgan fingerprint density at radius 2 is 1.84 bits per heavy atom. The molecule has 0 amide bonds. The van der Waals surface area contributed by atoms with Crippen LogP contribution in [0.2, 0.25) is 0 Å².